The van der Waals surface area contributed by atoms with Gasteiger partial charge in [-0.3, -0.25) is 9.69 Å². The molecule has 0 saturated carbocycles. The van der Waals surface area contributed by atoms with Crippen molar-refractivity contribution in [2.75, 3.05) is 13.1 Å². The molecule has 21 heavy (non-hydrogen) atoms. The zero-order valence-corrected chi connectivity index (χ0v) is 11.9. The molecule has 1 atom stereocenters. The number of phenols is 1. The van der Waals surface area contributed by atoms with Crippen LogP contribution in [0.4, 0.5) is 4.79 Å². The minimum atomic E-state index is -1.15. The second kappa shape index (κ2) is 6.01. The number of urea groups is 1. The molecule has 7 nitrogen and oxygen atoms in total. The molecule has 1 aliphatic rings. The summed E-state index contributed by atoms with van der Waals surface area (Å²) in [4.78, 5) is 36.2. The SMILES string of the molecule is C[C@H](OC(=O)c1cc(Cl)ccc1O)C(=O)N1CCNC1=O. The maximum atomic E-state index is 12.0. The lowest BCUT2D eigenvalue weighted by Gasteiger charge is -2.18. The lowest BCUT2D eigenvalue weighted by Crippen LogP contribution is -2.41. The number of esters is 1. The van der Waals surface area contributed by atoms with Crippen LogP contribution in [0.3, 0.4) is 0 Å². The molecule has 1 aromatic carbocycles. The maximum Gasteiger partial charge on any atom is 0.342 e. The smallest absolute Gasteiger partial charge is 0.342 e. The molecule has 2 rings (SSSR count). The van der Waals surface area contributed by atoms with Crippen molar-refractivity contribution in [3.63, 3.8) is 0 Å². The number of benzene rings is 1. The molecular formula is C13H13ClN2O5. The highest BCUT2D eigenvalue weighted by atomic mass is 35.5. The number of nitrogens with zero attached hydrogens (tertiary/aromatic N) is 1. The molecule has 1 aliphatic heterocycles. The molecule has 1 heterocycles. The predicted molar refractivity (Wildman–Crippen MR) is 73.1 cm³/mol. The van der Waals surface area contributed by atoms with E-state index in [1.54, 1.807) is 0 Å². The largest absolute Gasteiger partial charge is 0.507 e. The van der Waals surface area contributed by atoms with Gasteiger partial charge in [0.2, 0.25) is 0 Å². The highest BCUT2D eigenvalue weighted by Gasteiger charge is 2.32. The number of aromatic hydroxyl groups is 1. The minimum absolute atomic E-state index is 0.145. The van der Waals surface area contributed by atoms with Gasteiger partial charge in [-0.1, -0.05) is 11.6 Å². The van der Waals surface area contributed by atoms with Gasteiger partial charge in [-0.15, -0.1) is 0 Å². The van der Waals surface area contributed by atoms with Crippen LogP contribution in [0.25, 0.3) is 0 Å². The van der Waals surface area contributed by atoms with Gasteiger partial charge in [0.15, 0.2) is 6.10 Å². The van der Waals surface area contributed by atoms with Crippen LogP contribution in [0.5, 0.6) is 5.75 Å². The molecule has 1 fully saturated rings. The van der Waals surface area contributed by atoms with E-state index >= 15 is 0 Å². The number of phenolic OH excluding ortho intramolecular Hbond substituents is 1. The Kier molecular flexibility index (Phi) is 4.32. The van der Waals surface area contributed by atoms with Gasteiger partial charge in [-0.2, -0.15) is 0 Å². The van der Waals surface area contributed by atoms with Crippen molar-refractivity contribution in [2.45, 2.75) is 13.0 Å². The third-order valence-corrected chi connectivity index (χ3v) is 3.17. The highest BCUT2D eigenvalue weighted by Crippen LogP contribution is 2.22. The van der Waals surface area contributed by atoms with Crippen molar-refractivity contribution in [1.82, 2.24) is 10.2 Å². The van der Waals surface area contributed by atoms with Crippen LogP contribution >= 0.6 is 11.6 Å². The molecule has 3 amide bonds. The van der Waals surface area contributed by atoms with E-state index in [0.29, 0.717) is 6.54 Å². The van der Waals surface area contributed by atoms with Gasteiger partial charge < -0.3 is 15.2 Å². The van der Waals surface area contributed by atoms with Gasteiger partial charge in [0.25, 0.3) is 5.91 Å². The Morgan fingerprint density at radius 1 is 1.48 bits per heavy atom. The lowest BCUT2D eigenvalue weighted by atomic mass is 10.2. The van der Waals surface area contributed by atoms with Crippen LogP contribution in [-0.2, 0) is 9.53 Å². The number of imide groups is 1. The quantitative estimate of drug-likeness (QED) is 0.816. The summed E-state index contributed by atoms with van der Waals surface area (Å²) < 4.78 is 4.97. The van der Waals surface area contributed by atoms with Gasteiger partial charge in [0.05, 0.1) is 0 Å². The van der Waals surface area contributed by atoms with Crippen molar-refractivity contribution in [1.29, 1.82) is 0 Å². The second-order valence-electron chi connectivity index (χ2n) is 4.43. The number of carbonyl (C=O) groups excluding carboxylic acids is 3. The fourth-order valence-electron chi connectivity index (χ4n) is 1.85. The zero-order chi connectivity index (χ0) is 15.6. The summed E-state index contributed by atoms with van der Waals surface area (Å²) in [5, 5.41) is 12.3. The molecule has 112 valence electrons. The number of amides is 3. The fourth-order valence-corrected chi connectivity index (χ4v) is 2.02. The van der Waals surface area contributed by atoms with E-state index in [-0.39, 0.29) is 22.9 Å². The summed E-state index contributed by atoms with van der Waals surface area (Å²) in [6, 6.07) is 3.38. The summed E-state index contributed by atoms with van der Waals surface area (Å²) in [6.07, 6.45) is -1.15. The topological polar surface area (TPSA) is 95.9 Å². The number of ether oxygens (including phenoxy) is 1. The molecule has 0 radical (unpaired) electrons. The van der Waals surface area contributed by atoms with E-state index in [1.165, 1.54) is 25.1 Å². The first kappa shape index (κ1) is 15.1. The van der Waals surface area contributed by atoms with E-state index in [4.69, 9.17) is 16.3 Å². The van der Waals surface area contributed by atoms with Gasteiger partial charge in [0, 0.05) is 18.1 Å². The van der Waals surface area contributed by atoms with Crippen LogP contribution in [0.2, 0.25) is 5.02 Å². The third kappa shape index (κ3) is 3.25. The van der Waals surface area contributed by atoms with Crippen LogP contribution in [0.1, 0.15) is 17.3 Å². The Morgan fingerprint density at radius 2 is 2.19 bits per heavy atom. The molecule has 0 aliphatic carbocycles. The molecule has 0 aromatic heterocycles. The zero-order valence-electron chi connectivity index (χ0n) is 11.1. The summed E-state index contributed by atoms with van der Waals surface area (Å²) in [6.45, 7) is 1.94. The standard InChI is InChI=1S/C13H13ClN2O5/c1-7(11(18)16-5-4-15-13(16)20)21-12(19)9-6-8(14)2-3-10(9)17/h2-3,6-7,17H,4-5H2,1H3,(H,15,20)/t7-/m0/s1. The first-order chi connectivity index (χ1) is 9.90. The number of carbonyl (C=O) groups is 3. The van der Waals surface area contributed by atoms with Crippen molar-refractivity contribution < 1.29 is 24.2 Å². The molecule has 2 N–H and O–H groups in total. The van der Waals surface area contributed by atoms with Crippen LogP contribution < -0.4 is 5.32 Å². The first-order valence-electron chi connectivity index (χ1n) is 6.19. The first-order valence-corrected chi connectivity index (χ1v) is 6.56. The van der Waals surface area contributed by atoms with E-state index in [9.17, 15) is 19.5 Å². The average molecular weight is 313 g/mol. The molecular weight excluding hydrogens is 300 g/mol. The fraction of sp³-hybridized carbons (Fsp3) is 0.308. The Bertz CT molecular complexity index is 604. The molecule has 1 saturated heterocycles. The highest BCUT2D eigenvalue weighted by molar-refractivity contribution is 6.31. The summed E-state index contributed by atoms with van der Waals surface area (Å²) >= 11 is 5.74. The Morgan fingerprint density at radius 3 is 2.81 bits per heavy atom. The molecule has 1 aromatic rings. The second-order valence-corrected chi connectivity index (χ2v) is 4.87. The number of hydrogen-bond acceptors (Lipinski definition) is 5. The Balaban J connectivity index is 2.06. The normalized spacial score (nSPS) is 15.5. The molecule has 0 spiro atoms. The number of halogens is 1. The average Bonchev–Trinajstić information content (AvgIpc) is 2.86. The van der Waals surface area contributed by atoms with Crippen molar-refractivity contribution in [3.8, 4) is 5.75 Å². The number of nitrogens with one attached hydrogen (secondary N) is 1. The Hall–Kier alpha value is -2.28. The van der Waals surface area contributed by atoms with Gasteiger partial charge >= 0.3 is 12.0 Å². The van der Waals surface area contributed by atoms with Gasteiger partial charge in [0.1, 0.15) is 11.3 Å². The van der Waals surface area contributed by atoms with E-state index < -0.39 is 24.0 Å². The van der Waals surface area contributed by atoms with Gasteiger partial charge in [-0.25, -0.2) is 9.59 Å². The van der Waals surface area contributed by atoms with E-state index in [2.05, 4.69) is 5.32 Å². The van der Waals surface area contributed by atoms with Crippen LogP contribution in [0, 0.1) is 0 Å². The molecule has 0 bridgehead atoms. The summed E-state index contributed by atoms with van der Waals surface area (Å²) in [5.41, 5.74) is -0.145. The molecule has 0 unspecified atom stereocenters. The van der Waals surface area contributed by atoms with Crippen molar-refractivity contribution in [2.24, 2.45) is 0 Å². The number of hydrogen-bond donors (Lipinski definition) is 2. The minimum Gasteiger partial charge on any atom is -0.507 e. The summed E-state index contributed by atoms with van der Waals surface area (Å²) in [7, 11) is 0. The third-order valence-electron chi connectivity index (χ3n) is 2.93. The van der Waals surface area contributed by atoms with E-state index in [0.717, 1.165) is 4.90 Å². The molecule has 8 heteroatoms. The predicted octanol–water partition coefficient (Wildman–Crippen LogP) is 1.14. The Labute approximate surface area is 125 Å². The van der Waals surface area contributed by atoms with Crippen molar-refractivity contribution >= 4 is 29.5 Å². The maximum absolute atomic E-state index is 12.0. The van der Waals surface area contributed by atoms with Crippen LogP contribution in [0.15, 0.2) is 18.2 Å². The number of rotatable bonds is 3. The summed E-state index contributed by atoms with van der Waals surface area (Å²) in [5.74, 6) is -1.82. The van der Waals surface area contributed by atoms with E-state index in [1.807, 2.05) is 0 Å². The van der Waals surface area contributed by atoms with Gasteiger partial charge in [-0.05, 0) is 25.1 Å². The van der Waals surface area contributed by atoms with Crippen molar-refractivity contribution in [3.05, 3.63) is 28.8 Å². The van der Waals surface area contributed by atoms with Crippen LogP contribution in [-0.4, -0.2) is 47.1 Å². The monoisotopic (exact) mass is 312 g/mol. The lowest BCUT2D eigenvalue weighted by molar-refractivity contribution is -0.136.